The molecule has 0 aliphatic carbocycles. The molecule has 0 aromatic heterocycles. The molecule has 0 radical (unpaired) electrons. The molecule has 26 heavy (non-hydrogen) atoms. The van der Waals surface area contributed by atoms with E-state index in [2.05, 4.69) is 10.6 Å². The van der Waals surface area contributed by atoms with Crippen LogP contribution in [0.5, 0.6) is 5.75 Å². The summed E-state index contributed by atoms with van der Waals surface area (Å²) in [5.41, 5.74) is 0.547. The summed E-state index contributed by atoms with van der Waals surface area (Å²) in [7, 11) is 1.53. The highest BCUT2D eigenvalue weighted by atomic mass is 19.3. The van der Waals surface area contributed by atoms with Crippen LogP contribution in [0.3, 0.4) is 0 Å². The number of methoxy groups -OCH3 is 1. The highest BCUT2D eigenvalue weighted by Gasteiger charge is 2.42. The van der Waals surface area contributed by atoms with Crippen LogP contribution in [-0.4, -0.2) is 73.6 Å². The molecule has 7 nitrogen and oxygen atoms in total. The van der Waals surface area contributed by atoms with E-state index in [-0.39, 0.29) is 32.7 Å². The Morgan fingerprint density at radius 2 is 2.31 bits per heavy atom. The van der Waals surface area contributed by atoms with Crippen LogP contribution in [0.25, 0.3) is 0 Å². The van der Waals surface area contributed by atoms with Crippen LogP contribution in [0, 0.1) is 0 Å². The highest BCUT2D eigenvalue weighted by molar-refractivity contribution is 5.89. The molecular weight excluding hydrogens is 348 g/mol. The molecular formula is C17H23F2N3O4. The predicted molar refractivity (Wildman–Crippen MR) is 90.7 cm³/mol. The van der Waals surface area contributed by atoms with Gasteiger partial charge in [0.1, 0.15) is 11.9 Å². The average Bonchev–Trinajstić information content (AvgIpc) is 3.11. The fourth-order valence-electron chi connectivity index (χ4n) is 3.22. The van der Waals surface area contributed by atoms with Crippen molar-refractivity contribution in [1.29, 1.82) is 0 Å². The molecule has 2 heterocycles. The zero-order valence-electron chi connectivity index (χ0n) is 14.5. The monoisotopic (exact) mass is 371 g/mol. The maximum Gasteiger partial charge on any atom is 0.319 e. The number of halogens is 2. The number of ether oxygens (including phenoxy) is 2. The lowest BCUT2D eigenvalue weighted by Crippen LogP contribution is -2.48. The van der Waals surface area contributed by atoms with Gasteiger partial charge in [0.05, 0.1) is 32.4 Å². The van der Waals surface area contributed by atoms with E-state index in [1.165, 1.54) is 7.11 Å². The number of rotatable bonds is 5. The van der Waals surface area contributed by atoms with Crippen molar-refractivity contribution in [1.82, 2.24) is 10.2 Å². The van der Waals surface area contributed by atoms with Crippen molar-refractivity contribution in [3.8, 4) is 5.75 Å². The third kappa shape index (κ3) is 4.60. The Morgan fingerprint density at radius 1 is 1.50 bits per heavy atom. The first-order valence-electron chi connectivity index (χ1n) is 8.48. The SMILES string of the molecule is COc1cccc(NC(=O)NC2COC(CN3CCC(F)(F)C3)C2O)c1. The quantitative estimate of drug-likeness (QED) is 0.727. The first kappa shape index (κ1) is 18.8. The second kappa shape index (κ2) is 7.73. The summed E-state index contributed by atoms with van der Waals surface area (Å²) < 4.78 is 37.1. The standard InChI is InChI=1S/C17H23F2N3O4/c1-25-12-4-2-3-11(7-12)20-16(24)21-13-9-26-14(15(13)23)8-22-6-5-17(18,19)10-22/h2-4,7,13-15,23H,5-6,8-10H2,1H3,(H2,20,21,24). The van der Waals surface area contributed by atoms with E-state index in [1.54, 1.807) is 29.2 Å². The number of amides is 2. The summed E-state index contributed by atoms with van der Waals surface area (Å²) in [6.45, 7) is 0.288. The Bertz CT molecular complexity index is 646. The normalized spacial score (nSPS) is 28.1. The van der Waals surface area contributed by atoms with E-state index in [9.17, 15) is 18.7 Å². The minimum absolute atomic E-state index is 0.127. The number of carbonyl (C=O) groups is 1. The number of nitrogens with one attached hydrogen (secondary N) is 2. The smallest absolute Gasteiger partial charge is 0.319 e. The maximum atomic E-state index is 13.3. The Kier molecular flexibility index (Phi) is 5.59. The summed E-state index contributed by atoms with van der Waals surface area (Å²) in [5, 5.41) is 15.6. The van der Waals surface area contributed by atoms with Crippen molar-refractivity contribution in [3.05, 3.63) is 24.3 Å². The molecule has 0 saturated carbocycles. The largest absolute Gasteiger partial charge is 0.497 e. The lowest BCUT2D eigenvalue weighted by atomic mass is 10.1. The van der Waals surface area contributed by atoms with E-state index in [0.717, 1.165) is 0 Å². The van der Waals surface area contributed by atoms with Crippen LogP contribution < -0.4 is 15.4 Å². The molecule has 2 aliphatic rings. The van der Waals surface area contributed by atoms with E-state index in [0.29, 0.717) is 11.4 Å². The van der Waals surface area contributed by atoms with Gasteiger partial charge in [-0.25, -0.2) is 13.6 Å². The van der Waals surface area contributed by atoms with Crippen LogP contribution in [0.2, 0.25) is 0 Å². The fourth-order valence-corrected chi connectivity index (χ4v) is 3.22. The molecule has 3 N–H and O–H groups in total. The van der Waals surface area contributed by atoms with Crippen molar-refractivity contribution in [2.45, 2.75) is 30.6 Å². The minimum Gasteiger partial charge on any atom is -0.497 e. The fraction of sp³-hybridized carbons (Fsp3) is 0.588. The summed E-state index contributed by atoms with van der Waals surface area (Å²) in [5.74, 6) is -2.08. The number of carbonyl (C=O) groups excluding carboxylic acids is 1. The van der Waals surface area contributed by atoms with Gasteiger partial charge in [-0.2, -0.15) is 0 Å². The number of likely N-dealkylation sites (tertiary alicyclic amines) is 1. The topological polar surface area (TPSA) is 83.1 Å². The van der Waals surface area contributed by atoms with Gasteiger partial charge < -0.3 is 25.2 Å². The molecule has 3 rings (SSSR count). The van der Waals surface area contributed by atoms with Crippen molar-refractivity contribution >= 4 is 11.7 Å². The van der Waals surface area contributed by atoms with Gasteiger partial charge in [0.15, 0.2) is 0 Å². The first-order valence-corrected chi connectivity index (χ1v) is 8.48. The number of anilines is 1. The summed E-state index contributed by atoms with van der Waals surface area (Å²) >= 11 is 0. The number of aliphatic hydroxyl groups is 1. The van der Waals surface area contributed by atoms with Crippen molar-refractivity contribution in [2.75, 3.05) is 38.7 Å². The van der Waals surface area contributed by atoms with Gasteiger partial charge >= 0.3 is 6.03 Å². The van der Waals surface area contributed by atoms with E-state index >= 15 is 0 Å². The van der Waals surface area contributed by atoms with Crippen LogP contribution in [0.1, 0.15) is 6.42 Å². The molecule has 2 aliphatic heterocycles. The first-order chi connectivity index (χ1) is 12.4. The molecule has 9 heteroatoms. The number of urea groups is 1. The zero-order valence-corrected chi connectivity index (χ0v) is 14.5. The van der Waals surface area contributed by atoms with Crippen molar-refractivity contribution in [3.63, 3.8) is 0 Å². The summed E-state index contributed by atoms with van der Waals surface area (Å²) in [6, 6.07) is 5.78. The van der Waals surface area contributed by atoms with Gasteiger partial charge in [0.2, 0.25) is 0 Å². The van der Waals surface area contributed by atoms with E-state index < -0.39 is 30.2 Å². The molecule has 2 saturated heterocycles. The lowest BCUT2D eigenvalue weighted by Gasteiger charge is -2.23. The van der Waals surface area contributed by atoms with Crippen LogP contribution in [-0.2, 0) is 4.74 Å². The average molecular weight is 371 g/mol. The number of nitrogens with zero attached hydrogens (tertiary/aromatic N) is 1. The Hall–Kier alpha value is -1.97. The molecule has 2 amide bonds. The molecule has 3 unspecified atom stereocenters. The molecule has 2 fully saturated rings. The van der Waals surface area contributed by atoms with Crippen LogP contribution in [0.15, 0.2) is 24.3 Å². The number of hydrogen-bond donors (Lipinski definition) is 3. The number of aliphatic hydroxyl groups excluding tert-OH is 1. The van der Waals surface area contributed by atoms with Gasteiger partial charge in [-0.3, -0.25) is 4.90 Å². The molecule has 1 aromatic carbocycles. The third-order valence-electron chi connectivity index (χ3n) is 4.61. The lowest BCUT2D eigenvalue weighted by molar-refractivity contribution is -0.00727. The Balaban J connectivity index is 1.48. The molecule has 144 valence electrons. The van der Waals surface area contributed by atoms with Crippen LogP contribution in [0.4, 0.5) is 19.3 Å². The van der Waals surface area contributed by atoms with Crippen LogP contribution >= 0.6 is 0 Å². The molecule has 0 bridgehead atoms. The molecule has 1 aromatic rings. The predicted octanol–water partition coefficient (Wildman–Crippen LogP) is 1.29. The second-order valence-electron chi connectivity index (χ2n) is 6.64. The summed E-state index contributed by atoms with van der Waals surface area (Å²) in [6.07, 6.45) is -1.74. The second-order valence-corrected chi connectivity index (χ2v) is 6.64. The zero-order chi connectivity index (χ0) is 18.7. The Morgan fingerprint density at radius 3 is 3.00 bits per heavy atom. The number of hydrogen-bond acceptors (Lipinski definition) is 5. The van der Waals surface area contributed by atoms with Gasteiger partial charge in [0.25, 0.3) is 5.92 Å². The third-order valence-corrected chi connectivity index (χ3v) is 4.61. The number of alkyl halides is 2. The van der Waals surface area contributed by atoms with Crippen molar-refractivity contribution < 1.29 is 28.2 Å². The Labute approximate surface area is 150 Å². The van der Waals surface area contributed by atoms with E-state index in [1.807, 2.05) is 0 Å². The van der Waals surface area contributed by atoms with Crippen molar-refractivity contribution in [2.24, 2.45) is 0 Å². The van der Waals surface area contributed by atoms with Gasteiger partial charge in [-0.15, -0.1) is 0 Å². The number of benzene rings is 1. The highest BCUT2D eigenvalue weighted by Crippen LogP contribution is 2.28. The summed E-state index contributed by atoms with van der Waals surface area (Å²) in [4.78, 5) is 13.7. The molecule has 0 spiro atoms. The minimum atomic E-state index is -2.68. The molecule has 3 atom stereocenters. The van der Waals surface area contributed by atoms with E-state index in [4.69, 9.17) is 9.47 Å². The van der Waals surface area contributed by atoms with Gasteiger partial charge in [-0.05, 0) is 12.1 Å². The maximum absolute atomic E-state index is 13.3. The van der Waals surface area contributed by atoms with Gasteiger partial charge in [-0.1, -0.05) is 6.07 Å². The van der Waals surface area contributed by atoms with Gasteiger partial charge in [0, 0.05) is 31.3 Å².